The summed E-state index contributed by atoms with van der Waals surface area (Å²) in [6.07, 6.45) is 4.19. The minimum Gasteiger partial charge on any atom is -0.410 e. The van der Waals surface area contributed by atoms with Crippen LogP contribution in [0.4, 0.5) is 0 Å². The second kappa shape index (κ2) is 6.18. The molecule has 1 N–H and O–H groups in total. The highest BCUT2D eigenvalue weighted by Gasteiger charge is 2.20. The van der Waals surface area contributed by atoms with Gasteiger partial charge in [0.05, 0.1) is 13.1 Å². The van der Waals surface area contributed by atoms with Gasteiger partial charge in [0.25, 0.3) is 11.1 Å². The van der Waals surface area contributed by atoms with Gasteiger partial charge in [0, 0.05) is 23.1 Å². The topological polar surface area (TPSA) is 69.1 Å². The van der Waals surface area contributed by atoms with Gasteiger partial charge in [0.1, 0.15) is 16.2 Å². The van der Waals surface area contributed by atoms with Crippen LogP contribution in [-0.4, -0.2) is 33.3 Å². The van der Waals surface area contributed by atoms with Crippen molar-refractivity contribution in [2.24, 2.45) is 0 Å². The number of aryl methyl sites for hydroxylation is 2. The van der Waals surface area contributed by atoms with E-state index in [0.717, 1.165) is 21.8 Å². The fraction of sp³-hybridized carbons (Fsp3) is 0.467. The van der Waals surface area contributed by atoms with Gasteiger partial charge in [-0.2, -0.15) is 0 Å². The first-order valence-electron chi connectivity index (χ1n) is 7.75. The highest BCUT2D eigenvalue weighted by molar-refractivity contribution is 7.99. The molecule has 23 heavy (non-hydrogen) atoms. The molecule has 1 fully saturated rings. The first-order valence-corrected chi connectivity index (χ1v) is 9.38. The number of hydrogen-bond acceptors (Lipinski definition) is 7. The lowest BCUT2D eigenvalue weighted by Gasteiger charge is -2.07. The normalized spacial score (nSPS) is 15.7. The second-order valence-corrected chi connectivity index (χ2v) is 7.98. The van der Waals surface area contributed by atoms with Gasteiger partial charge in [-0.05, 0) is 31.2 Å². The average molecular weight is 348 g/mol. The molecule has 1 aliphatic rings. The second-order valence-electron chi connectivity index (χ2n) is 5.84. The molecule has 8 heteroatoms. The Morgan fingerprint density at radius 1 is 1.22 bits per heavy atom. The summed E-state index contributed by atoms with van der Waals surface area (Å²) in [6.45, 7) is 7.44. The molecule has 4 heterocycles. The van der Waals surface area contributed by atoms with Crippen molar-refractivity contribution in [1.29, 1.82) is 0 Å². The molecule has 6 nitrogen and oxygen atoms in total. The highest BCUT2D eigenvalue weighted by Crippen LogP contribution is 2.36. The van der Waals surface area contributed by atoms with Crippen LogP contribution in [0.25, 0.3) is 10.2 Å². The number of hydrogen-bond donors (Lipinski definition) is 1. The lowest BCUT2D eigenvalue weighted by atomic mass is 10.2. The van der Waals surface area contributed by atoms with Crippen molar-refractivity contribution >= 4 is 33.3 Å². The molecule has 0 spiro atoms. The summed E-state index contributed by atoms with van der Waals surface area (Å²) in [5.74, 6) is 0.716. The molecule has 3 aromatic heterocycles. The number of nitrogens with one attached hydrogen (secondary N) is 1. The lowest BCUT2D eigenvalue weighted by molar-refractivity contribution is -0.902. The SMILES string of the molecule is Cc1sc2ncnc(Sc3nnc(C[NH+]4CCCC4)o3)c2c1C. The zero-order valence-electron chi connectivity index (χ0n) is 13.1. The Hall–Kier alpha value is -1.51. The fourth-order valence-corrected chi connectivity index (χ4v) is 4.82. The van der Waals surface area contributed by atoms with E-state index in [9.17, 15) is 0 Å². The van der Waals surface area contributed by atoms with Crippen molar-refractivity contribution in [3.05, 3.63) is 22.7 Å². The van der Waals surface area contributed by atoms with Crippen molar-refractivity contribution < 1.29 is 9.32 Å². The average Bonchev–Trinajstić information content (AvgIpc) is 3.24. The molecule has 0 bridgehead atoms. The largest absolute Gasteiger partial charge is 0.410 e. The van der Waals surface area contributed by atoms with Crippen molar-refractivity contribution in [3.8, 4) is 0 Å². The fourth-order valence-electron chi connectivity index (χ4n) is 2.93. The predicted octanol–water partition coefficient (Wildman–Crippen LogP) is 2.02. The van der Waals surface area contributed by atoms with E-state index in [-0.39, 0.29) is 0 Å². The van der Waals surface area contributed by atoms with E-state index in [2.05, 4.69) is 34.0 Å². The molecule has 0 radical (unpaired) electrons. The summed E-state index contributed by atoms with van der Waals surface area (Å²) in [5, 5.41) is 10.9. The molecule has 120 valence electrons. The minimum absolute atomic E-state index is 0.557. The van der Waals surface area contributed by atoms with Crippen LogP contribution in [0.2, 0.25) is 0 Å². The van der Waals surface area contributed by atoms with Gasteiger partial charge < -0.3 is 9.32 Å². The molecule has 1 saturated heterocycles. The number of thiophene rings is 1. The standard InChI is InChI=1S/C15H17N5OS2/c1-9-10(2)22-13-12(9)14(17-8-16-13)23-15-19-18-11(21-15)7-20-5-3-4-6-20/h8H,3-7H2,1-2H3/p+1. The van der Waals surface area contributed by atoms with E-state index in [0.29, 0.717) is 11.1 Å². The zero-order valence-corrected chi connectivity index (χ0v) is 14.8. The van der Waals surface area contributed by atoms with Crippen LogP contribution in [0.5, 0.6) is 0 Å². The zero-order chi connectivity index (χ0) is 15.8. The van der Waals surface area contributed by atoms with Gasteiger partial charge in [0.2, 0.25) is 0 Å². The number of fused-ring (bicyclic) bond motifs is 1. The molecule has 0 aliphatic carbocycles. The maximum absolute atomic E-state index is 5.81. The Bertz CT molecular complexity index is 838. The van der Waals surface area contributed by atoms with Crippen LogP contribution in [0.15, 0.2) is 21.0 Å². The van der Waals surface area contributed by atoms with Gasteiger partial charge >= 0.3 is 0 Å². The number of rotatable bonds is 4. The van der Waals surface area contributed by atoms with E-state index in [4.69, 9.17) is 4.42 Å². The summed E-state index contributed by atoms with van der Waals surface area (Å²) >= 11 is 3.12. The number of aromatic nitrogens is 4. The van der Waals surface area contributed by atoms with Crippen LogP contribution in [0, 0.1) is 13.8 Å². The third kappa shape index (κ3) is 2.98. The molecule has 0 amide bonds. The molecule has 3 aromatic rings. The highest BCUT2D eigenvalue weighted by atomic mass is 32.2. The number of nitrogens with zero attached hydrogens (tertiary/aromatic N) is 4. The van der Waals surface area contributed by atoms with E-state index in [1.165, 1.54) is 53.0 Å². The van der Waals surface area contributed by atoms with Gasteiger partial charge in [0.15, 0.2) is 6.54 Å². The molecular weight excluding hydrogens is 330 g/mol. The predicted molar refractivity (Wildman–Crippen MR) is 88.9 cm³/mol. The maximum atomic E-state index is 5.81. The van der Waals surface area contributed by atoms with Crippen molar-refractivity contribution in [1.82, 2.24) is 20.2 Å². The molecule has 4 rings (SSSR count). The van der Waals surface area contributed by atoms with Gasteiger partial charge in [-0.25, -0.2) is 9.97 Å². The van der Waals surface area contributed by atoms with Gasteiger partial charge in [-0.3, -0.25) is 0 Å². The van der Waals surface area contributed by atoms with Crippen molar-refractivity contribution in [2.45, 2.75) is 43.5 Å². The third-order valence-electron chi connectivity index (χ3n) is 4.27. The van der Waals surface area contributed by atoms with E-state index in [1.807, 2.05) is 0 Å². The quantitative estimate of drug-likeness (QED) is 0.728. The molecule has 0 unspecified atom stereocenters. The maximum Gasteiger partial charge on any atom is 0.283 e. The Morgan fingerprint density at radius 3 is 2.87 bits per heavy atom. The number of likely N-dealkylation sites (tertiary alicyclic amines) is 1. The van der Waals surface area contributed by atoms with Crippen molar-refractivity contribution in [3.63, 3.8) is 0 Å². The smallest absolute Gasteiger partial charge is 0.283 e. The molecule has 0 atom stereocenters. The summed E-state index contributed by atoms with van der Waals surface area (Å²) in [4.78, 5) is 12.6. The van der Waals surface area contributed by atoms with Crippen LogP contribution >= 0.6 is 23.1 Å². The summed E-state index contributed by atoms with van der Waals surface area (Å²) in [7, 11) is 0. The monoisotopic (exact) mass is 348 g/mol. The Labute approximate surface area is 142 Å². The Kier molecular flexibility index (Phi) is 4.04. The Morgan fingerprint density at radius 2 is 2.04 bits per heavy atom. The van der Waals surface area contributed by atoms with E-state index >= 15 is 0 Å². The number of quaternary nitrogens is 1. The molecule has 0 saturated carbocycles. The van der Waals surface area contributed by atoms with Crippen LogP contribution in [0.1, 0.15) is 29.2 Å². The van der Waals surface area contributed by atoms with Gasteiger partial charge in [-0.15, -0.1) is 21.5 Å². The minimum atomic E-state index is 0.557. The lowest BCUT2D eigenvalue weighted by Crippen LogP contribution is -3.08. The molecular formula is C15H18N5OS2+. The van der Waals surface area contributed by atoms with Crippen LogP contribution in [0.3, 0.4) is 0 Å². The summed E-state index contributed by atoms with van der Waals surface area (Å²) in [6, 6.07) is 0. The summed E-state index contributed by atoms with van der Waals surface area (Å²) in [5.41, 5.74) is 1.23. The van der Waals surface area contributed by atoms with E-state index in [1.54, 1.807) is 17.7 Å². The van der Waals surface area contributed by atoms with Gasteiger partial charge in [-0.1, -0.05) is 0 Å². The first-order chi connectivity index (χ1) is 11.2. The molecule has 1 aliphatic heterocycles. The first kappa shape index (κ1) is 15.0. The van der Waals surface area contributed by atoms with Crippen LogP contribution in [-0.2, 0) is 6.54 Å². The Balaban J connectivity index is 1.57. The van der Waals surface area contributed by atoms with Crippen molar-refractivity contribution in [2.75, 3.05) is 13.1 Å². The van der Waals surface area contributed by atoms with E-state index < -0.39 is 0 Å². The molecule has 0 aromatic carbocycles. The van der Waals surface area contributed by atoms with Crippen LogP contribution < -0.4 is 4.90 Å². The summed E-state index contributed by atoms with van der Waals surface area (Å²) < 4.78 is 5.81. The third-order valence-corrected chi connectivity index (χ3v) is 6.23.